The van der Waals surface area contributed by atoms with E-state index in [0.29, 0.717) is 12.8 Å². The van der Waals surface area contributed by atoms with Gasteiger partial charge in [-0.2, -0.15) is 0 Å². The smallest absolute Gasteiger partial charge is 0.153 e. The van der Waals surface area contributed by atoms with Crippen molar-refractivity contribution in [2.45, 2.75) is 18.4 Å². The number of aliphatic hydroxyl groups is 1. The van der Waals surface area contributed by atoms with E-state index >= 15 is 0 Å². The third-order valence-corrected chi connectivity index (χ3v) is 4.45. The Bertz CT molecular complexity index is 443. The molecule has 1 aliphatic heterocycles. The van der Waals surface area contributed by atoms with Gasteiger partial charge in [0.2, 0.25) is 0 Å². The SMILES string of the molecule is O=S1(=O)CCC(O)(Cc2ccncc2)C1. The number of sulfone groups is 1. The molecule has 1 atom stereocenters. The predicted molar refractivity (Wildman–Crippen MR) is 56.2 cm³/mol. The second-order valence-electron chi connectivity index (χ2n) is 4.10. The summed E-state index contributed by atoms with van der Waals surface area (Å²) in [5, 5.41) is 10.1. The second kappa shape index (κ2) is 3.57. The highest BCUT2D eigenvalue weighted by Crippen LogP contribution is 2.26. The fraction of sp³-hybridized carbons (Fsp3) is 0.500. The summed E-state index contributed by atoms with van der Waals surface area (Å²) in [7, 11) is -3.04. The van der Waals surface area contributed by atoms with Gasteiger partial charge in [0.25, 0.3) is 0 Å². The van der Waals surface area contributed by atoms with Gasteiger partial charge in [-0.3, -0.25) is 4.98 Å². The van der Waals surface area contributed by atoms with E-state index in [-0.39, 0.29) is 11.5 Å². The van der Waals surface area contributed by atoms with Gasteiger partial charge in [0, 0.05) is 18.8 Å². The lowest BCUT2D eigenvalue weighted by Crippen LogP contribution is -2.32. The zero-order valence-corrected chi connectivity index (χ0v) is 9.07. The molecule has 0 aliphatic carbocycles. The van der Waals surface area contributed by atoms with E-state index in [1.165, 1.54) is 0 Å². The highest BCUT2D eigenvalue weighted by atomic mass is 32.2. The first-order valence-electron chi connectivity index (χ1n) is 4.81. The molecule has 1 aliphatic rings. The molecule has 0 aromatic carbocycles. The van der Waals surface area contributed by atoms with E-state index < -0.39 is 15.4 Å². The van der Waals surface area contributed by atoms with Crippen molar-refractivity contribution in [3.8, 4) is 0 Å². The number of aromatic nitrogens is 1. The Hall–Kier alpha value is -0.940. The van der Waals surface area contributed by atoms with E-state index in [0.717, 1.165) is 5.56 Å². The lowest BCUT2D eigenvalue weighted by atomic mass is 9.95. The van der Waals surface area contributed by atoms with Crippen LogP contribution in [-0.4, -0.2) is 35.6 Å². The molecule has 1 fully saturated rings. The van der Waals surface area contributed by atoms with Crippen LogP contribution in [0.1, 0.15) is 12.0 Å². The minimum absolute atomic E-state index is 0.0918. The van der Waals surface area contributed by atoms with Crippen LogP contribution in [-0.2, 0) is 16.3 Å². The summed E-state index contributed by atoms with van der Waals surface area (Å²) in [6.45, 7) is 0. The fourth-order valence-corrected chi connectivity index (χ4v) is 3.82. The van der Waals surface area contributed by atoms with Crippen LogP contribution in [0.25, 0.3) is 0 Å². The fourth-order valence-electron chi connectivity index (χ4n) is 1.92. The van der Waals surface area contributed by atoms with Crippen molar-refractivity contribution in [1.82, 2.24) is 4.98 Å². The van der Waals surface area contributed by atoms with Crippen LogP contribution in [0.4, 0.5) is 0 Å². The highest BCUT2D eigenvalue weighted by molar-refractivity contribution is 7.91. The van der Waals surface area contributed by atoms with Crippen LogP contribution < -0.4 is 0 Å². The molecule has 0 bridgehead atoms. The van der Waals surface area contributed by atoms with Gasteiger partial charge >= 0.3 is 0 Å². The predicted octanol–water partition coefficient (Wildman–Crippen LogP) is 0.174. The summed E-state index contributed by atoms with van der Waals surface area (Å²) in [4.78, 5) is 3.87. The quantitative estimate of drug-likeness (QED) is 0.782. The Morgan fingerprint density at radius 3 is 2.60 bits per heavy atom. The van der Waals surface area contributed by atoms with Crippen LogP contribution in [0.2, 0.25) is 0 Å². The largest absolute Gasteiger partial charge is 0.388 e. The first-order valence-corrected chi connectivity index (χ1v) is 6.63. The third-order valence-electron chi connectivity index (χ3n) is 2.65. The van der Waals surface area contributed by atoms with Crippen molar-refractivity contribution in [2.24, 2.45) is 0 Å². The normalized spacial score (nSPS) is 29.1. The summed E-state index contributed by atoms with van der Waals surface area (Å²) in [6.07, 6.45) is 4.00. The lowest BCUT2D eigenvalue weighted by molar-refractivity contribution is 0.0682. The molecule has 1 aromatic heterocycles. The van der Waals surface area contributed by atoms with Gasteiger partial charge in [0.05, 0.1) is 17.1 Å². The Labute approximate surface area is 88.9 Å². The number of hydrogen-bond donors (Lipinski definition) is 1. The molecule has 1 N–H and O–H groups in total. The molecule has 0 saturated carbocycles. The van der Waals surface area contributed by atoms with E-state index in [4.69, 9.17) is 0 Å². The highest BCUT2D eigenvalue weighted by Gasteiger charge is 2.40. The molecule has 82 valence electrons. The van der Waals surface area contributed by atoms with E-state index in [1.54, 1.807) is 24.5 Å². The molecule has 15 heavy (non-hydrogen) atoms. The van der Waals surface area contributed by atoms with Gasteiger partial charge in [0.1, 0.15) is 0 Å². The number of pyridine rings is 1. The molecule has 0 radical (unpaired) electrons. The maximum atomic E-state index is 11.3. The zero-order valence-electron chi connectivity index (χ0n) is 8.26. The molecule has 0 amide bonds. The number of hydrogen-bond acceptors (Lipinski definition) is 4. The molecule has 5 heteroatoms. The Balaban J connectivity index is 2.14. The Morgan fingerprint density at radius 1 is 1.40 bits per heavy atom. The van der Waals surface area contributed by atoms with Crippen molar-refractivity contribution in [1.29, 1.82) is 0 Å². The molecule has 4 nitrogen and oxygen atoms in total. The molecule has 0 spiro atoms. The van der Waals surface area contributed by atoms with Gasteiger partial charge in [-0.25, -0.2) is 8.42 Å². The van der Waals surface area contributed by atoms with Crippen molar-refractivity contribution in [2.75, 3.05) is 11.5 Å². The van der Waals surface area contributed by atoms with Crippen LogP contribution in [0, 0.1) is 0 Å². The van der Waals surface area contributed by atoms with Crippen molar-refractivity contribution < 1.29 is 13.5 Å². The summed E-state index contributed by atoms with van der Waals surface area (Å²) < 4.78 is 22.5. The van der Waals surface area contributed by atoms with Crippen molar-refractivity contribution in [3.63, 3.8) is 0 Å². The molecule has 2 heterocycles. The van der Waals surface area contributed by atoms with Crippen molar-refractivity contribution >= 4 is 9.84 Å². The average Bonchev–Trinajstić information content (AvgIpc) is 2.42. The van der Waals surface area contributed by atoms with E-state index in [1.807, 2.05) is 0 Å². The molecular formula is C10H13NO3S. The molecular weight excluding hydrogens is 214 g/mol. The van der Waals surface area contributed by atoms with Gasteiger partial charge in [-0.15, -0.1) is 0 Å². The van der Waals surface area contributed by atoms with Gasteiger partial charge in [-0.05, 0) is 24.1 Å². The molecule has 1 saturated heterocycles. The van der Waals surface area contributed by atoms with Crippen LogP contribution in [0.3, 0.4) is 0 Å². The van der Waals surface area contributed by atoms with Crippen molar-refractivity contribution in [3.05, 3.63) is 30.1 Å². The summed E-state index contributed by atoms with van der Waals surface area (Å²) in [5.74, 6) is -0.0308. The van der Waals surface area contributed by atoms with Gasteiger partial charge in [0.15, 0.2) is 9.84 Å². The number of nitrogens with zero attached hydrogens (tertiary/aromatic N) is 1. The molecule has 1 unspecified atom stereocenters. The lowest BCUT2D eigenvalue weighted by Gasteiger charge is -2.20. The molecule has 1 aromatic rings. The van der Waals surface area contributed by atoms with Gasteiger partial charge in [-0.1, -0.05) is 0 Å². The summed E-state index contributed by atoms with van der Waals surface area (Å²) >= 11 is 0. The van der Waals surface area contributed by atoms with Crippen LogP contribution in [0.15, 0.2) is 24.5 Å². The first-order chi connectivity index (χ1) is 6.99. The standard InChI is InChI=1S/C10H13NO3S/c12-10(3-6-15(13,14)8-10)7-9-1-4-11-5-2-9/h1-2,4-5,12H,3,6-8H2. The van der Waals surface area contributed by atoms with Crippen LogP contribution in [0.5, 0.6) is 0 Å². The minimum atomic E-state index is -3.04. The Kier molecular flexibility index (Phi) is 2.52. The number of rotatable bonds is 2. The van der Waals surface area contributed by atoms with Crippen LogP contribution >= 0.6 is 0 Å². The second-order valence-corrected chi connectivity index (χ2v) is 6.28. The summed E-state index contributed by atoms with van der Waals surface area (Å²) in [6, 6.07) is 3.59. The summed E-state index contributed by atoms with van der Waals surface area (Å²) in [5.41, 5.74) is -0.162. The minimum Gasteiger partial charge on any atom is -0.388 e. The first kappa shape index (κ1) is 10.6. The Morgan fingerprint density at radius 2 is 2.07 bits per heavy atom. The zero-order chi connectivity index (χ0) is 10.9. The average molecular weight is 227 g/mol. The van der Waals surface area contributed by atoms with Gasteiger partial charge < -0.3 is 5.11 Å². The topological polar surface area (TPSA) is 67.3 Å². The maximum Gasteiger partial charge on any atom is 0.153 e. The van der Waals surface area contributed by atoms with E-state index in [9.17, 15) is 13.5 Å². The monoisotopic (exact) mass is 227 g/mol. The van der Waals surface area contributed by atoms with E-state index in [2.05, 4.69) is 4.98 Å². The third kappa shape index (κ3) is 2.54. The molecule has 2 rings (SSSR count). The maximum absolute atomic E-state index is 11.3.